The number of rotatable bonds is 10. The molecule has 0 aliphatic rings. The number of nitrogens with two attached hydrogens (primary N) is 1. The number of amidine groups is 1. The third-order valence-corrected chi connectivity index (χ3v) is 5.93. The van der Waals surface area contributed by atoms with E-state index in [1.165, 1.54) is 11.3 Å². The quantitative estimate of drug-likeness (QED) is 0.167. The van der Waals surface area contributed by atoms with Gasteiger partial charge in [0.1, 0.15) is 11.4 Å². The number of nitrogens with zero attached hydrogens (tertiary/aromatic N) is 5. The lowest BCUT2D eigenvalue weighted by atomic mass is 10.0. The molecule has 1 aromatic carbocycles. The zero-order chi connectivity index (χ0) is 26.4. The van der Waals surface area contributed by atoms with Gasteiger partial charge in [-0.15, -0.1) is 11.3 Å². The number of alkyl halides is 3. The number of aliphatic imine (C=N–C) groups is 1. The standard InChI is InChI=1S/C25H23F3N6O2S/c1-16(29)32-24-33-20(15-37-24)14-36-31-12-18-6-8-34-22(13-30-23(34)11-18)19-4-2-3-17(9-19)10-21(35)5-7-25(26,27)28/h2-4,6,8-9,11-13,15H,5,7,10,14H2,1H3,(H2,29,32,33)/b31-12+. The predicted molar refractivity (Wildman–Crippen MR) is 136 cm³/mol. The van der Waals surface area contributed by atoms with Gasteiger partial charge in [0.25, 0.3) is 0 Å². The molecule has 0 atom stereocenters. The van der Waals surface area contributed by atoms with Crippen molar-refractivity contribution in [3.05, 3.63) is 71.0 Å². The van der Waals surface area contributed by atoms with Gasteiger partial charge in [-0.05, 0) is 30.7 Å². The van der Waals surface area contributed by atoms with Gasteiger partial charge in [-0.3, -0.25) is 9.20 Å². The molecule has 0 bridgehead atoms. The Morgan fingerprint density at radius 1 is 1.27 bits per heavy atom. The van der Waals surface area contributed by atoms with Crippen LogP contribution in [0.15, 0.2) is 64.3 Å². The van der Waals surface area contributed by atoms with E-state index >= 15 is 0 Å². The summed E-state index contributed by atoms with van der Waals surface area (Å²) >= 11 is 1.36. The molecule has 0 unspecified atom stereocenters. The monoisotopic (exact) mass is 528 g/mol. The van der Waals surface area contributed by atoms with Gasteiger partial charge in [-0.25, -0.2) is 15.0 Å². The minimum atomic E-state index is -4.34. The summed E-state index contributed by atoms with van der Waals surface area (Å²) in [7, 11) is 0. The maximum atomic E-state index is 12.4. The fraction of sp³-hybridized carbons (Fsp3) is 0.240. The number of oxime groups is 1. The summed E-state index contributed by atoms with van der Waals surface area (Å²) in [6, 6.07) is 10.8. The molecule has 2 N–H and O–H groups in total. The van der Waals surface area contributed by atoms with Crippen molar-refractivity contribution in [2.45, 2.75) is 39.0 Å². The molecule has 0 saturated heterocycles. The summed E-state index contributed by atoms with van der Waals surface area (Å²) in [6.07, 6.45) is -0.924. The van der Waals surface area contributed by atoms with E-state index in [9.17, 15) is 18.0 Å². The van der Waals surface area contributed by atoms with Gasteiger partial charge in [0.15, 0.2) is 6.61 Å². The number of halogens is 3. The van der Waals surface area contributed by atoms with E-state index in [-0.39, 0.29) is 13.0 Å². The highest BCUT2D eigenvalue weighted by Gasteiger charge is 2.27. The van der Waals surface area contributed by atoms with Gasteiger partial charge < -0.3 is 10.6 Å². The Hall–Kier alpha value is -4.06. The molecule has 8 nitrogen and oxygen atoms in total. The van der Waals surface area contributed by atoms with Gasteiger partial charge in [0.2, 0.25) is 5.13 Å². The first-order chi connectivity index (χ1) is 17.7. The lowest BCUT2D eigenvalue weighted by molar-refractivity contribution is -0.143. The van der Waals surface area contributed by atoms with E-state index in [0.717, 1.165) is 16.8 Å². The van der Waals surface area contributed by atoms with Crippen LogP contribution in [0.2, 0.25) is 0 Å². The molecule has 0 aliphatic heterocycles. The molecule has 0 amide bonds. The maximum absolute atomic E-state index is 12.4. The fourth-order valence-corrected chi connectivity index (χ4v) is 4.22. The highest BCUT2D eigenvalue weighted by atomic mass is 32.1. The number of hydrogen-bond donors (Lipinski definition) is 1. The molecule has 37 heavy (non-hydrogen) atoms. The topological polar surface area (TPSA) is 107 Å². The largest absolute Gasteiger partial charge is 0.389 e. The van der Waals surface area contributed by atoms with E-state index in [1.54, 1.807) is 37.5 Å². The number of carbonyl (C=O) groups is 1. The first-order valence-corrected chi connectivity index (χ1v) is 12.1. The van der Waals surface area contributed by atoms with E-state index < -0.39 is 24.8 Å². The van der Waals surface area contributed by atoms with Crippen molar-refractivity contribution >= 4 is 39.9 Å². The normalized spacial score (nSPS) is 12.5. The second-order valence-corrected chi connectivity index (χ2v) is 9.08. The summed E-state index contributed by atoms with van der Waals surface area (Å²) in [5, 5.41) is 6.37. The predicted octanol–water partition coefficient (Wildman–Crippen LogP) is 5.47. The van der Waals surface area contributed by atoms with Gasteiger partial charge in [0.05, 0.1) is 36.1 Å². The molecule has 3 aromatic heterocycles. The number of aromatic nitrogens is 3. The number of ketones is 1. The smallest absolute Gasteiger partial charge is 0.389 e. The molecular weight excluding hydrogens is 505 g/mol. The van der Waals surface area contributed by atoms with Crippen LogP contribution in [0.1, 0.15) is 36.6 Å². The zero-order valence-electron chi connectivity index (χ0n) is 19.8. The molecule has 4 rings (SSSR count). The summed E-state index contributed by atoms with van der Waals surface area (Å²) in [4.78, 5) is 30.1. The molecule has 4 aromatic rings. The van der Waals surface area contributed by atoms with E-state index in [4.69, 9.17) is 10.6 Å². The molecule has 0 fully saturated rings. The van der Waals surface area contributed by atoms with Crippen LogP contribution >= 0.6 is 11.3 Å². The van der Waals surface area contributed by atoms with Crippen LogP contribution in [0.3, 0.4) is 0 Å². The van der Waals surface area contributed by atoms with Crippen LogP contribution in [0, 0.1) is 0 Å². The van der Waals surface area contributed by atoms with E-state index in [2.05, 4.69) is 20.1 Å². The van der Waals surface area contributed by atoms with Crippen molar-refractivity contribution < 1.29 is 22.8 Å². The first kappa shape index (κ1) is 26.0. The van der Waals surface area contributed by atoms with Crippen molar-refractivity contribution in [3.8, 4) is 11.3 Å². The van der Waals surface area contributed by atoms with Crippen molar-refractivity contribution in [3.63, 3.8) is 0 Å². The number of hydrogen-bond acceptors (Lipinski definition) is 7. The van der Waals surface area contributed by atoms with Gasteiger partial charge in [0, 0.05) is 35.5 Å². The number of fused-ring (bicyclic) bond motifs is 1. The van der Waals surface area contributed by atoms with Crippen LogP contribution in [-0.4, -0.2) is 38.4 Å². The molecule has 0 aliphatic carbocycles. The molecule has 12 heteroatoms. The van der Waals surface area contributed by atoms with Crippen LogP contribution < -0.4 is 5.73 Å². The first-order valence-electron chi connectivity index (χ1n) is 11.2. The number of benzene rings is 1. The SMILES string of the molecule is C/C(N)=N\c1nc(CO/N=C/c2ccn3c(-c4cccc(CC(=O)CCC(F)(F)F)c4)cnc3c2)cs1. The number of carbonyl (C=O) groups excluding carboxylic acids is 1. The highest BCUT2D eigenvalue weighted by molar-refractivity contribution is 7.13. The van der Waals surface area contributed by atoms with Crippen molar-refractivity contribution in [2.24, 2.45) is 15.9 Å². The van der Waals surface area contributed by atoms with Gasteiger partial charge >= 0.3 is 6.18 Å². The fourth-order valence-electron chi connectivity index (χ4n) is 3.49. The molecule has 0 radical (unpaired) electrons. The average Bonchev–Trinajstić information content (AvgIpc) is 3.46. The van der Waals surface area contributed by atoms with Crippen LogP contribution in [0.25, 0.3) is 16.9 Å². The Labute approximate surface area is 214 Å². The molecule has 3 heterocycles. The second kappa shape index (κ2) is 11.3. The third-order valence-electron chi connectivity index (χ3n) is 5.15. The van der Waals surface area contributed by atoms with Crippen molar-refractivity contribution in [1.82, 2.24) is 14.4 Å². The van der Waals surface area contributed by atoms with Crippen LogP contribution in [-0.2, 0) is 22.7 Å². The van der Waals surface area contributed by atoms with Crippen LogP contribution in [0.4, 0.5) is 18.3 Å². The maximum Gasteiger partial charge on any atom is 0.389 e. The van der Waals surface area contributed by atoms with E-state index in [1.807, 2.05) is 34.2 Å². The lowest BCUT2D eigenvalue weighted by Crippen LogP contribution is -2.12. The summed E-state index contributed by atoms with van der Waals surface area (Å²) in [5.41, 5.74) is 9.93. The Kier molecular flexibility index (Phi) is 7.97. The number of pyridine rings is 1. The Bertz CT molecular complexity index is 1450. The average molecular weight is 529 g/mol. The lowest BCUT2D eigenvalue weighted by Gasteiger charge is -2.07. The molecule has 0 saturated carbocycles. The molecule has 0 spiro atoms. The Morgan fingerprint density at radius 2 is 2.11 bits per heavy atom. The second-order valence-electron chi connectivity index (χ2n) is 8.25. The van der Waals surface area contributed by atoms with Gasteiger partial charge in [-0.1, -0.05) is 23.4 Å². The third kappa shape index (κ3) is 7.46. The van der Waals surface area contributed by atoms with Crippen molar-refractivity contribution in [1.29, 1.82) is 0 Å². The zero-order valence-corrected chi connectivity index (χ0v) is 20.6. The Morgan fingerprint density at radius 3 is 2.89 bits per heavy atom. The Balaban J connectivity index is 1.39. The van der Waals surface area contributed by atoms with Crippen molar-refractivity contribution in [2.75, 3.05) is 0 Å². The molecular formula is C25H23F3N6O2S. The number of Topliss-reactive ketones (excluding diaryl/α,β-unsaturated/α-hetero) is 1. The number of thiazole rings is 1. The summed E-state index contributed by atoms with van der Waals surface area (Å²) in [5.74, 6) is -0.0202. The van der Waals surface area contributed by atoms with Gasteiger partial charge in [-0.2, -0.15) is 13.2 Å². The highest BCUT2D eigenvalue weighted by Crippen LogP contribution is 2.25. The summed E-state index contributed by atoms with van der Waals surface area (Å²) in [6.45, 7) is 1.88. The van der Waals surface area contributed by atoms with Crippen LogP contribution in [0.5, 0.6) is 0 Å². The van der Waals surface area contributed by atoms with E-state index in [0.29, 0.717) is 27.9 Å². The molecule has 192 valence electrons. The minimum absolute atomic E-state index is 0.0522. The minimum Gasteiger partial charge on any atom is -0.389 e. The summed E-state index contributed by atoms with van der Waals surface area (Å²) < 4.78 is 39.0. The number of imidazole rings is 1.